The lowest BCUT2D eigenvalue weighted by molar-refractivity contribution is -0.117. The van der Waals surface area contributed by atoms with E-state index in [1.807, 2.05) is 20.8 Å². The molecule has 0 fully saturated rings. The molecule has 0 saturated carbocycles. The maximum atomic E-state index is 13.1. The van der Waals surface area contributed by atoms with Crippen molar-refractivity contribution in [3.63, 3.8) is 0 Å². The number of dihydropyridines is 1. The quantitative estimate of drug-likeness (QED) is 0.531. The first kappa shape index (κ1) is 20.7. The van der Waals surface area contributed by atoms with Gasteiger partial charge in [-0.1, -0.05) is 26.0 Å². The minimum absolute atomic E-state index is 0.251. The number of carbonyl (C=O) groups excluding carboxylic acids is 2. The van der Waals surface area contributed by atoms with Crippen LogP contribution in [0.1, 0.15) is 45.1 Å². The number of H-pyrrole nitrogens is 1. The number of aromatic amines is 1. The molecule has 2 amide bonds. The number of allylic oxidation sites excluding steroid dienone is 1. The van der Waals surface area contributed by atoms with Gasteiger partial charge in [-0.05, 0) is 43.4 Å². The fraction of sp³-hybridized carbons (Fsp3) is 0.348. The van der Waals surface area contributed by atoms with E-state index >= 15 is 0 Å². The molecule has 0 bridgehead atoms. The zero-order chi connectivity index (χ0) is 22.5. The Morgan fingerprint density at radius 3 is 2.74 bits per heavy atom. The Morgan fingerprint density at radius 2 is 2.10 bits per heavy atom. The topological polar surface area (TPSA) is 130 Å². The van der Waals surface area contributed by atoms with Crippen molar-refractivity contribution >= 4 is 22.9 Å². The number of hydrogen-bond donors (Lipinski definition) is 4. The van der Waals surface area contributed by atoms with Crippen molar-refractivity contribution in [1.29, 1.82) is 0 Å². The van der Waals surface area contributed by atoms with Gasteiger partial charge in [-0.15, -0.1) is 6.58 Å². The van der Waals surface area contributed by atoms with Gasteiger partial charge in [0.25, 0.3) is 5.91 Å². The monoisotopic (exact) mass is 422 g/mol. The Hall–Kier alpha value is -3.55. The highest BCUT2D eigenvalue weighted by Gasteiger charge is 2.48. The Morgan fingerprint density at radius 1 is 1.35 bits per heavy atom. The van der Waals surface area contributed by atoms with Gasteiger partial charge in [0.1, 0.15) is 0 Å². The number of amides is 2. The third kappa shape index (κ3) is 3.37. The highest BCUT2D eigenvalue weighted by Crippen LogP contribution is 2.45. The van der Waals surface area contributed by atoms with Crippen LogP contribution in [0.5, 0.6) is 0 Å². The van der Waals surface area contributed by atoms with Gasteiger partial charge in [-0.3, -0.25) is 14.6 Å². The van der Waals surface area contributed by atoms with Crippen LogP contribution in [0.4, 0.5) is 0 Å². The highest BCUT2D eigenvalue weighted by molar-refractivity contribution is 6.06. The number of rotatable bonds is 6. The van der Waals surface area contributed by atoms with E-state index in [-0.39, 0.29) is 11.8 Å². The number of benzene rings is 1. The number of hydrogen-bond acceptors (Lipinski definition) is 5. The number of nitrogens with one attached hydrogen (secondary N) is 3. The molecule has 4 rings (SSSR count). The van der Waals surface area contributed by atoms with Gasteiger partial charge in [0.2, 0.25) is 5.91 Å². The van der Waals surface area contributed by atoms with E-state index in [0.717, 1.165) is 5.70 Å². The van der Waals surface area contributed by atoms with Crippen LogP contribution in [-0.2, 0) is 9.59 Å². The van der Waals surface area contributed by atoms with Crippen molar-refractivity contribution in [1.82, 2.24) is 15.6 Å². The molecule has 0 radical (unpaired) electrons. The van der Waals surface area contributed by atoms with E-state index in [2.05, 4.69) is 22.2 Å². The molecule has 2 aliphatic heterocycles. The first-order valence-corrected chi connectivity index (χ1v) is 10.2. The number of oxazole rings is 1. The number of fused-ring (bicyclic) bond motifs is 1. The van der Waals surface area contributed by atoms with Crippen molar-refractivity contribution in [3.05, 3.63) is 69.5 Å². The Kier molecular flexibility index (Phi) is 4.88. The van der Waals surface area contributed by atoms with Crippen molar-refractivity contribution in [2.75, 3.05) is 0 Å². The number of primary amides is 1. The molecule has 2 aliphatic rings. The highest BCUT2D eigenvalue weighted by atomic mass is 16.4. The third-order valence-corrected chi connectivity index (χ3v) is 5.84. The standard InChI is InChI=1S/C23H26N4O4/c1-5-8-23(4)19-18(21(29)27-23)16(17(20(24)28)14(25-19)9-11(2)3)12-6-7-13-15(10-12)31-22(30)26-13/h5-7,10-11,16,25H,1,8-9H2,2-4H3,(H2,24,28)(H,26,30)(H,27,29)/t16?,23-/m0/s1. The molecule has 8 heteroatoms. The molecule has 3 heterocycles. The van der Waals surface area contributed by atoms with Gasteiger partial charge in [0.15, 0.2) is 5.58 Å². The zero-order valence-corrected chi connectivity index (χ0v) is 17.8. The molecular formula is C23H26N4O4. The van der Waals surface area contributed by atoms with Crippen LogP contribution >= 0.6 is 0 Å². The van der Waals surface area contributed by atoms with Gasteiger partial charge in [-0.2, -0.15) is 0 Å². The SMILES string of the molecule is C=CC[C@]1(C)NC(=O)C2=C1NC(CC(C)C)=C(C(N)=O)C2c1ccc2[nH]c(=O)oc2c1. The van der Waals surface area contributed by atoms with Crippen LogP contribution in [0, 0.1) is 5.92 Å². The normalized spacial score (nSPS) is 23.2. The lowest BCUT2D eigenvalue weighted by atomic mass is 9.77. The van der Waals surface area contributed by atoms with Gasteiger partial charge in [0.05, 0.1) is 22.3 Å². The summed E-state index contributed by atoms with van der Waals surface area (Å²) in [6.45, 7) is 9.85. The van der Waals surface area contributed by atoms with E-state index in [1.54, 1.807) is 24.3 Å². The lowest BCUT2D eigenvalue weighted by Crippen LogP contribution is -2.45. The summed E-state index contributed by atoms with van der Waals surface area (Å²) >= 11 is 0. The summed E-state index contributed by atoms with van der Waals surface area (Å²) in [7, 11) is 0. The van der Waals surface area contributed by atoms with Gasteiger partial charge in [-0.25, -0.2) is 4.79 Å². The molecule has 31 heavy (non-hydrogen) atoms. The first-order chi connectivity index (χ1) is 14.6. The van der Waals surface area contributed by atoms with Gasteiger partial charge >= 0.3 is 5.76 Å². The molecule has 1 aromatic heterocycles. The van der Waals surface area contributed by atoms with Crippen molar-refractivity contribution < 1.29 is 14.0 Å². The smallest absolute Gasteiger partial charge is 0.408 e. The summed E-state index contributed by atoms with van der Waals surface area (Å²) in [5.41, 5.74) is 8.93. The summed E-state index contributed by atoms with van der Waals surface area (Å²) < 4.78 is 5.22. The molecule has 5 N–H and O–H groups in total. The Labute approximate surface area is 179 Å². The fourth-order valence-corrected chi connectivity index (χ4v) is 4.59. The molecule has 162 valence electrons. The third-order valence-electron chi connectivity index (χ3n) is 5.84. The zero-order valence-electron chi connectivity index (χ0n) is 17.8. The second kappa shape index (κ2) is 7.30. The summed E-state index contributed by atoms with van der Waals surface area (Å²) in [5.74, 6) is -1.87. The van der Waals surface area contributed by atoms with Crippen molar-refractivity contribution in [3.8, 4) is 0 Å². The number of nitrogens with two attached hydrogens (primary N) is 1. The van der Waals surface area contributed by atoms with Crippen molar-refractivity contribution in [2.45, 2.75) is 45.1 Å². The summed E-state index contributed by atoms with van der Waals surface area (Å²) in [5, 5.41) is 6.42. The first-order valence-electron chi connectivity index (χ1n) is 10.2. The molecule has 0 saturated heterocycles. The lowest BCUT2D eigenvalue weighted by Gasteiger charge is -2.34. The second-order valence-corrected chi connectivity index (χ2v) is 8.75. The van der Waals surface area contributed by atoms with Gasteiger partial charge in [0, 0.05) is 17.2 Å². The van der Waals surface area contributed by atoms with Crippen LogP contribution in [-0.4, -0.2) is 22.3 Å². The van der Waals surface area contributed by atoms with Gasteiger partial charge < -0.3 is 20.8 Å². The van der Waals surface area contributed by atoms with Crippen LogP contribution in [0.15, 0.2) is 62.6 Å². The molecule has 0 spiro atoms. The van der Waals surface area contributed by atoms with Crippen molar-refractivity contribution in [2.24, 2.45) is 11.7 Å². The fourth-order valence-electron chi connectivity index (χ4n) is 4.59. The van der Waals surface area contributed by atoms with E-state index in [9.17, 15) is 14.4 Å². The minimum atomic E-state index is -0.682. The number of aromatic nitrogens is 1. The molecule has 1 unspecified atom stereocenters. The van der Waals surface area contributed by atoms with E-state index in [4.69, 9.17) is 10.2 Å². The predicted octanol–water partition coefficient (Wildman–Crippen LogP) is 2.31. The summed E-state index contributed by atoms with van der Waals surface area (Å²) in [6, 6.07) is 5.16. The van der Waals surface area contributed by atoms with E-state index in [1.165, 1.54) is 0 Å². The second-order valence-electron chi connectivity index (χ2n) is 8.75. The van der Waals surface area contributed by atoms with Crippen LogP contribution in [0.2, 0.25) is 0 Å². The summed E-state index contributed by atoms with van der Waals surface area (Å²) in [4.78, 5) is 40.0. The molecular weight excluding hydrogens is 396 g/mol. The molecule has 1 aromatic carbocycles. The van der Waals surface area contributed by atoms with E-state index in [0.29, 0.717) is 46.3 Å². The molecule has 2 atom stereocenters. The Bertz CT molecular complexity index is 1230. The largest absolute Gasteiger partial charge is 0.417 e. The summed E-state index contributed by atoms with van der Waals surface area (Å²) in [6.07, 6.45) is 2.86. The van der Waals surface area contributed by atoms with Crippen LogP contribution in [0.25, 0.3) is 11.1 Å². The number of carbonyl (C=O) groups is 2. The average molecular weight is 422 g/mol. The Balaban J connectivity index is 1.98. The maximum Gasteiger partial charge on any atom is 0.417 e. The molecule has 2 aromatic rings. The molecule has 8 nitrogen and oxygen atoms in total. The average Bonchev–Trinajstić information content (AvgIpc) is 3.16. The van der Waals surface area contributed by atoms with Crippen LogP contribution < -0.4 is 22.1 Å². The molecule has 0 aliphatic carbocycles. The predicted molar refractivity (Wildman–Crippen MR) is 117 cm³/mol. The van der Waals surface area contributed by atoms with E-state index < -0.39 is 23.1 Å². The maximum absolute atomic E-state index is 13.1. The van der Waals surface area contributed by atoms with Crippen LogP contribution in [0.3, 0.4) is 0 Å². The minimum Gasteiger partial charge on any atom is -0.408 e.